The van der Waals surface area contributed by atoms with Gasteiger partial charge in [-0.15, -0.1) is 0 Å². The fraction of sp³-hybridized carbons (Fsp3) is 0.0638. The Labute approximate surface area is 331 Å². The van der Waals surface area contributed by atoms with Gasteiger partial charge >= 0.3 is 19.5 Å². The third kappa shape index (κ3) is 6.66. The van der Waals surface area contributed by atoms with Crippen molar-refractivity contribution in [3.63, 3.8) is 0 Å². The van der Waals surface area contributed by atoms with E-state index < -0.39 is 0 Å². The van der Waals surface area contributed by atoms with Crippen molar-refractivity contribution in [1.82, 2.24) is 0 Å². The van der Waals surface area contributed by atoms with E-state index in [2.05, 4.69) is 0 Å². The maximum absolute atomic E-state index is 14.0. The van der Waals surface area contributed by atoms with Crippen molar-refractivity contribution >= 4 is 50.8 Å². The van der Waals surface area contributed by atoms with Crippen LogP contribution < -0.4 is 14.9 Å². The summed E-state index contributed by atoms with van der Waals surface area (Å²) in [5.74, 6) is -0.586. The predicted octanol–water partition coefficient (Wildman–Crippen LogP) is 8.80. The summed E-state index contributed by atoms with van der Waals surface area (Å²) in [6.07, 6.45) is 21.0. The fourth-order valence-corrected chi connectivity index (χ4v) is 7.06. The molecule has 0 saturated carbocycles. The van der Waals surface area contributed by atoms with Gasteiger partial charge in [0.1, 0.15) is 5.75 Å². The van der Waals surface area contributed by atoms with Crippen LogP contribution in [0.4, 0.5) is 0 Å². The summed E-state index contributed by atoms with van der Waals surface area (Å²) < 4.78 is 6.05. The monoisotopic (exact) mass is 764 g/mol. The first-order chi connectivity index (χ1) is 26.4. The normalized spacial score (nSPS) is 17.0. The summed E-state index contributed by atoms with van der Waals surface area (Å²) in [6.45, 7) is 3.67. The van der Waals surface area contributed by atoms with E-state index in [0.717, 1.165) is 56.5 Å². The predicted molar refractivity (Wildman–Crippen MR) is 216 cm³/mol. The molecule has 0 saturated heterocycles. The zero-order valence-corrected chi connectivity index (χ0v) is 33.2. The molecule has 0 atom stereocenters. The molecule has 0 spiro atoms. The Morgan fingerprint density at radius 2 is 1.09 bits per heavy atom. The van der Waals surface area contributed by atoms with Crippen LogP contribution in [0.1, 0.15) is 30.5 Å². The van der Waals surface area contributed by atoms with Crippen molar-refractivity contribution in [2.45, 2.75) is 20.0 Å². The standard InChI is InChI=1S/C47H34N4O3.Zn/c1-28(2)54-47-36(45(52)33-15-9-10-16-34(33)46(47)53)20-19-35-37-23-25-41(50-37)43(29-11-5-3-6-12-29)39-21-17-31(48-39)27-32-18-22-40(49-32)44(30-13-7-4-8-14-30)42-26-24-38(35)51-42;/h3-28,52-53H,1-2H3;/q;+2/p-2/b20-19+,31-27?,32-27?,37-35?,38-35?,43-39?,43-41?,44-40?,44-42?;. The molecule has 9 rings (SSSR count). The van der Waals surface area contributed by atoms with E-state index in [0.29, 0.717) is 27.8 Å². The third-order valence-electron chi connectivity index (χ3n) is 9.48. The third-order valence-corrected chi connectivity index (χ3v) is 9.48. The second-order valence-electron chi connectivity index (χ2n) is 13.4. The summed E-state index contributed by atoms with van der Waals surface area (Å²) in [4.78, 5) is 20.5. The van der Waals surface area contributed by atoms with Crippen LogP contribution in [0.5, 0.6) is 17.2 Å². The fourth-order valence-electron chi connectivity index (χ4n) is 7.06. The molecule has 4 aromatic carbocycles. The van der Waals surface area contributed by atoms with E-state index in [1.807, 2.05) is 135 Å². The molecular formula is C47H32N4O3Zn. The number of hydrogen-bond donors (Lipinski definition) is 0. The largest absolute Gasteiger partial charge is 2.00 e. The van der Waals surface area contributed by atoms with Crippen LogP contribution in [0.2, 0.25) is 0 Å². The van der Waals surface area contributed by atoms with E-state index >= 15 is 0 Å². The molecule has 0 amide bonds. The number of ether oxygens (including phenoxy) is 1. The minimum atomic E-state index is -0.327. The molecular weight excluding hydrogens is 734 g/mol. The molecule has 4 aromatic rings. The Hall–Kier alpha value is -6.50. The summed E-state index contributed by atoms with van der Waals surface area (Å²) in [5.41, 5.74) is 10.4. The van der Waals surface area contributed by atoms with Crippen LogP contribution in [0.25, 0.3) is 28.0 Å². The topological polar surface area (TPSA) is 105 Å². The van der Waals surface area contributed by atoms with E-state index in [1.165, 1.54) is 0 Å². The van der Waals surface area contributed by atoms with E-state index in [9.17, 15) is 10.2 Å². The van der Waals surface area contributed by atoms with Crippen LogP contribution in [0, 0.1) is 0 Å². The molecule has 0 N–H and O–H groups in total. The zero-order valence-electron chi connectivity index (χ0n) is 30.2. The number of allylic oxidation sites excluding steroid dienone is 13. The number of aliphatic imine (C=N–C) groups is 4. The van der Waals surface area contributed by atoms with Gasteiger partial charge in [-0.05, 0) is 96.5 Å². The maximum atomic E-state index is 14.0. The van der Waals surface area contributed by atoms with Crippen LogP contribution >= 0.6 is 0 Å². The molecule has 0 aromatic heterocycles. The molecule has 0 aliphatic carbocycles. The van der Waals surface area contributed by atoms with Gasteiger partial charge in [0.25, 0.3) is 0 Å². The van der Waals surface area contributed by atoms with Gasteiger partial charge in [0.2, 0.25) is 0 Å². The molecule has 260 valence electrons. The molecule has 5 aliphatic rings. The van der Waals surface area contributed by atoms with Gasteiger partial charge in [0.15, 0.2) is 0 Å². The van der Waals surface area contributed by atoms with Crippen LogP contribution in [-0.2, 0) is 19.5 Å². The van der Waals surface area contributed by atoms with E-state index in [-0.39, 0.29) is 48.4 Å². The average molecular weight is 766 g/mol. The Kier molecular flexibility index (Phi) is 9.52. The number of nitrogens with zero attached hydrogens (tertiary/aromatic N) is 4. The van der Waals surface area contributed by atoms with E-state index in [4.69, 9.17) is 24.7 Å². The number of rotatable bonds is 6. The molecule has 5 aliphatic heterocycles. The number of benzene rings is 4. The maximum Gasteiger partial charge on any atom is 2.00 e. The summed E-state index contributed by atoms with van der Waals surface area (Å²) >= 11 is 0. The van der Waals surface area contributed by atoms with Gasteiger partial charge in [0.05, 0.1) is 51.7 Å². The molecule has 7 nitrogen and oxygen atoms in total. The average Bonchev–Trinajstić information content (AvgIpc) is 4.03. The molecule has 0 unspecified atom stereocenters. The molecule has 8 heteroatoms. The molecule has 0 fully saturated rings. The second-order valence-corrected chi connectivity index (χ2v) is 13.4. The van der Waals surface area contributed by atoms with Crippen LogP contribution in [-0.4, -0.2) is 29.0 Å². The summed E-state index contributed by atoms with van der Waals surface area (Å²) in [7, 11) is 0. The van der Waals surface area contributed by atoms with Gasteiger partial charge in [-0.2, -0.15) is 0 Å². The second kappa shape index (κ2) is 14.7. The smallest absolute Gasteiger partial charge is 0.872 e. The first kappa shape index (κ1) is 35.5. The molecule has 5 heterocycles. The summed E-state index contributed by atoms with van der Waals surface area (Å²) in [6, 6.07) is 27.0. The molecule has 55 heavy (non-hydrogen) atoms. The molecule has 0 radical (unpaired) electrons. The van der Waals surface area contributed by atoms with Gasteiger partial charge in [-0.25, -0.2) is 20.0 Å². The first-order valence-electron chi connectivity index (χ1n) is 17.8. The van der Waals surface area contributed by atoms with Crippen molar-refractivity contribution < 1.29 is 34.4 Å². The Balaban J connectivity index is 0.00000427. The summed E-state index contributed by atoms with van der Waals surface area (Å²) in [5, 5.41) is 28.5. The van der Waals surface area contributed by atoms with Crippen molar-refractivity contribution in [3.8, 4) is 17.2 Å². The van der Waals surface area contributed by atoms with Crippen molar-refractivity contribution in [1.29, 1.82) is 0 Å². The minimum Gasteiger partial charge on any atom is -0.872 e. The first-order valence-corrected chi connectivity index (χ1v) is 17.8. The van der Waals surface area contributed by atoms with Gasteiger partial charge in [-0.3, -0.25) is 0 Å². The minimum absolute atomic E-state index is 0. The Morgan fingerprint density at radius 3 is 1.78 bits per heavy atom. The van der Waals surface area contributed by atoms with E-state index in [1.54, 1.807) is 30.3 Å². The SMILES string of the molecule is CC(C)Oc1c(/C=C/C2=C3C=CC(=N3)C(c3ccccc3)=C3C=CC(=N3)C=C3C=CC(=N3)C(c3ccccc3)=C3C=CC2=N3)c([O-])c2ccccc2c1[O-].[Zn+2]. The molecule has 8 bridgehead atoms. The van der Waals surface area contributed by atoms with Crippen molar-refractivity contribution in [3.05, 3.63) is 191 Å². The quantitative estimate of drug-likeness (QED) is 0.183. The van der Waals surface area contributed by atoms with Crippen LogP contribution in [0.3, 0.4) is 0 Å². The van der Waals surface area contributed by atoms with Gasteiger partial charge in [-0.1, -0.05) is 103 Å². The Bertz CT molecular complexity index is 2660. The van der Waals surface area contributed by atoms with Crippen molar-refractivity contribution in [2.75, 3.05) is 0 Å². The zero-order chi connectivity index (χ0) is 36.8. The number of fused-ring (bicyclic) bond motifs is 5. The van der Waals surface area contributed by atoms with Gasteiger partial charge < -0.3 is 14.9 Å². The Morgan fingerprint density at radius 1 is 0.545 bits per heavy atom. The van der Waals surface area contributed by atoms with Gasteiger partial charge in [0, 0.05) is 22.3 Å². The van der Waals surface area contributed by atoms with Crippen molar-refractivity contribution in [2.24, 2.45) is 20.0 Å². The van der Waals surface area contributed by atoms with Crippen LogP contribution in [0.15, 0.2) is 194 Å². The number of hydrogen-bond acceptors (Lipinski definition) is 7.